The van der Waals surface area contributed by atoms with Gasteiger partial charge in [0.1, 0.15) is 25.0 Å². The third-order valence-corrected chi connectivity index (χ3v) is 5.36. The lowest BCUT2D eigenvalue weighted by atomic mass is 10.2. The number of carbonyl (C=O) groups is 1. The first-order valence-electron chi connectivity index (χ1n) is 10.2. The number of methoxy groups -OCH3 is 1. The Labute approximate surface area is 178 Å². The van der Waals surface area contributed by atoms with E-state index in [4.69, 9.17) is 18.7 Å². The number of hydrogen-bond acceptors (Lipinski definition) is 7. The summed E-state index contributed by atoms with van der Waals surface area (Å²) in [6, 6.07) is 12.3. The molecule has 2 aromatic carbocycles. The van der Waals surface area contributed by atoms with Crippen LogP contribution in [0.5, 0.6) is 17.2 Å². The molecule has 0 spiro atoms. The third kappa shape index (κ3) is 3.86. The van der Waals surface area contributed by atoms with Crippen molar-refractivity contribution in [2.45, 2.75) is 18.9 Å². The van der Waals surface area contributed by atoms with Crippen molar-refractivity contribution in [3.63, 3.8) is 0 Å². The molecule has 0 saturated carbocycles. The van der Waals surface area contributed by atoms with E-state index in [1.165, 1.54) is 0 Å². The molecule has 1 N–H and O–H groups in total. The Morgan fingerprint density at radius 3 is 2.90 bits per heavy atom. The predicted molar refractivity (Wildman–Crippen MR) is 111 cm³/mol. The molecule has 2 aliphatic heterocycles. The fourth-order valence-corrected chi connectivity index (χ4v) is 3.83. The number of nitrogens with one attached hydrogen (secondary N) is 1. The van der Waals surface area contributed by atoms with E-state index in [0.29, 0.717) is 54.4 Å². The Morgan fingerprint density at radius 2 is 2.03 bits per heavy atom. The van der Waals surface area contributed by atoms with Gasteiger partial charge in [0.2, 0.25) is 11.7 Å². The molecule has 9 heteroatoms. The number of urea groups is 1. The summed E-state index contributed by atoms with van der Waals surface area (Å²) in [6.07, 6.45) is 1.62. The summed E-state index contributed by atoms with van der Waals surface area (Å²) < 4.78 is 21.9. The molecule has 0 radical (unpaired) electrons. The van der Waals surface area contributed by atoms with Crippen molar-refractivity contribution < 1.29 is 23.5 Å². The number of hydrogen-bond donors (Lipinski definition) is 1. The normalized spacial score (nSPS) is 17.5. The molecule has 0 bridgehead atoms. The Hall–Kier alpha value is -3.75. The topological polar surface area (TPSA) is 99.0 Å². The maximum absolute atomic E-state index is 13.0. The average molecular weight is 422 g/mol. The molecule has 1 aromatic heterocycles. The van der Waals surface area contributed by atoms with Crippen molar-refractivity contribution in [3.8, 4) is 28.6 Å². The van der Waals surface area contributed by atoms with Crippen molar-refractivity contribution in [1.29, 1.82) is 0 Å². The highest BCUT2D eigenvalue weighted by Crippen LogP contribution is 2.35. The standard InChI is InChI=1S/C22H22N4O5/c1-28-16-5-2-4-14(12-16)20-24-21(31-25-20)17-6-3-9-26(17)22(27)23-15-7-8-18-19(13-15)30-11-10-29-18/h2,4-5,7-8,12-13,17H,3,6,9-11H2,1H3,(H,23,27). The van der Waals surface area contributed by atoms with Gasteiger partial charge in [-0.25, -0.2) is 4.79 Å². The lowest BCUT2D eigenvalue weighted by Crippen LogP contribution is -2.34. The molecule has 0 aliphatic carbocycles. The second-order valence-corrected chi connectivity index (χ2v) is 7.33. The Bertz CT molecular complexity index is 1100. The second kappa shape index (κ2) is 8.17. The molecule has 31 heavy (non-hydrogen) atoms. The summed E-state index contributed by atoms with van der Waals surface area (Å²) in [6.45, 7) is 1.62. The highest BCUT2D eigenvalue weighted by molar-refractivity contribution is 5.90. The van der Waals surface area contributed by atoms with E-state index in [-0.39, 0.29) is 12.1 Å². The van der Waals surface area contributed by atoms with E-state index in [0.717, 1.165) is 18.4 Å². The van der Waals surface area contributed by atoms with Gasteiger partial charge in [-0.15, -0.1) is 0 Å². The van der Waals surface area contributed by atoms with Gasteiger partial charge in [0.05, 0.1) is 7.11 Å². The highest BCUT2D eigenvalue weighted by Gasteiger charge is 2.34. The van der Waals surface area contributed by atoms with E-state index in [1.807, 2.05) is 24.3 Å². The van der Waals surface area contributed by atoms with E-state index < -0.39 is 0 Å². The fourth-order valence-electron chi connectivity index (χ4n) is 3.83. The van der Waals surface area contributed by atoms with Crippen LogP contribution >= 0.6 is 0 Å². The number of nitrogens with zero attached hydrogens (tertiary/aromatic N) is 3. The van der Waals surface area contributed by atoms with Gasteiger partial charge in [0.25, 0.3) is 0 Å². The number of anilines is 1. The first-order chi connectivity index (χ1) is 15.2. The number of benzene rings is 2. The van der Waals surface area contributed by atoms with Crippen LogP contribution in [-0.2, 0) is 0 Å². The zero-order valence-electron chi connectivity index (χ0n) is 17.0. The molecule has 3 heterocycles. The van der Waals surface area contributed by atoms with Crippen LogP contribution in [0.3, 0.4) is 0 Å². The van der Waals surface area contributed by atoms with Gasteiger partial charge < -0.3 is 29.0 Å². The number of likely N-dealkylation sites (tertiary alicyclic amines) is 1. The summed E-state index contributed by atoms with van der Waals surface area (Å²) in [4.78, 5) is 19.2. The summed E-state index contributed by atoms with van der Waals surface area (Å²) in [5.74, 6) is 2.91. The summed E-state index contributed by atoms with van der Waals surface area (Å²) >= 11 is 0. The van der Waals surface area contributed by atoms with Crippen molar-refractivity contribution >= 4 is 11.7 Å². The number of rotatable bonds is 4. The maximum atomic E-state index is 13.0. The van der Waals surface area contributed by atoms with Gasteiger partial charge >= 0.3 is 6.03 Å². The SMILES string of the molecule is COc1cccc(-c2noc(C3CCCN3C(=O)Nc3ccc4c(c3)OCCO4)n2)c1. The van der Waals surface area contributed by atoms with Gasteiger partial charge in [0.15, 0.2) is 11.5 Å². The summed E-state index contributed by atoms with van der Waals surface area (Å²) in [5, 5.41) is 7.03. The van der Waals surface area contributed by atoms with Crippen LogP contribution in [0.4, 0.5) is 10.5 Å². The number of ether oxygens (including phenoxy) is 3. The van der Waals surface area contributed by atoms with Crippen molar-refractivity contribution in [1.82, 2.24) is 15.0 Å². The average Bonchev–Trinajstić information content (AvgIpc) is 3.49. The quantitative estimate of drug-likeness (QED) is 0.681. The summed E-state index contributed by atoms with van der Waals surface area (Å²) in [5.41, 5.74) is 1.43. The Morgan fingerprint density at radius 1 is 1.16 bits per heavy atom. The van der Waals surface area contributed by atoms with Gasteiger partial charge in [-0.05, 0) is 37.1 Å². The van der Waals surface area contributed by atoms with Gasteiger partial charge in [0, 0.05) is 23.9 Å². The van der Waals surface area contributed by atoms with E-state index in [9.17, 15) is 4.79 Å². The maximum Gasteiger partial charge on any atom is 0.322 e. The number of aromatic nitrogens is 2. The predicted octanol–water partition coefficient (Wildman–Crippen LogP) is 3.89. The lowest BCUT2D eigenvalue weighted by Gasteiger charge is -2.23. The van der Waals surface area contributed by atoms with Crippen LogP contribution in [0.15, 0.2) is 47.0 Å². The first kappa shape index (κ1) is 19.2. The smallest absolute Gasteiger partial charge is 0.322 e. The van der Waals surface area contributed by atoms with Crippen molar-refractivity contribution in [2.75, 3.05) is 32.2 Å². The third-order valence-electron chi connectivity index (χ3n) is 5.36. The molecule has 2 aliphatic rings. The number of carbonyl (C=O) groups excluding carboxylic acids is 1. The summed E-state index contributed by atoms with van der Waals surface area (Å²) in [7, 11) is 1.61. The van der Waals surface area contributed by atoms with Crippen LogP contribution in [0.2, 0.25) is 0 Å². The molecule has 1 fully saturated rings. The number of amides is 2. The van der Waals surface area contributed by atoms with Crippen LogP contribution in [0, 0.1) is 0 Å². The van der Waals surface area contributed by atoms with E-state index >= 15 is 0 Å². The van der Waals surface area contributed by atoms with E-state index in [2.05, 4.69) is 15.5 Å². The van der Waals surface area contributed by atoms with Crippen molar-refractivity contribution in [3.05, 3.63) is 48.4 Å². The molecule has 9 nitrogen and oxygen atoms in total. The van der Waals surface area contributed by atoms with Gasteiger partial charge in [-0.1, -0.05) is 17.3 Å². The molecule has 5 rings (SSSR count). The zero-order valence-corrected chi connectivity index (χ0v) is 17.0. The lowest BCUT2D eigenvalue weighted by molar-refractivity contribution is 0.171. The van der Waals surface area contributed by atoms with Crippen LogP contribution in [-0.4, -0.2) is 47.9 Å². The highest BCUT2D eigenvalue weighted by atomic mass is 16.6. The van der Waals surface area contributed by atoms with Crippen molar-refractivity contribution in [2.24, 2.45) is 0 Å². The van der Waals surface area contributed by atoms with Gasteiger partial charge in [-0.3, -0.25) is 0 Å². The molecular formula is C22H22N4O5. The molecule has 160 valence electrons. The molecule has 2 amide bonds. The largest absolute Gasteiger partial charge is 0.497 e. The van der Waals surface area contributed by atoms with E-state index in [1.54, 1.807) is 30.2 Å². The minimum atomic E-state index is -0.274. The van der Waals surface area contributed by atoms with Crippen LogP contribution < -0.4 is 19.5 Å². The number of fused-ring (bicyclic) bond motifs is 1. The monoisotopic (exact) mass is 422 g/mol. The fraction of sp³-hybridized carbons (Fsp3) is 0.318. The van der Waals surface area contributed by atoms with Crippen LogP contribution in [0.1, 0.15) is 24.8 Å². The first-order valence-corrected chi connectivity index (χ1v) is 10.2. The minimum absolute atomic E-state index is 0.222. The second-order valence-electron chi connectivity index (χ2n) is 7.33. The Balaban J connectivity index is 1.32. The molecule has 3 aromatic rings. The minimum Gasteiger partial charge on any atom is -0.497 e. The molecule has 1 saturated heterocycles. The Kier molecular flexibility index (Phi) is 5.07. The molecular weight excluding hydrogens is 400 g/mol. The molecule has 1 atom stereocenters. The van der Waals surface area contributed by atoms with Crippen LogP contribution in [0.25, 0.3) is 11.4 Å². The molecule has 1 unspecified atom stereocenters. The van der Waals surface area contributed by atoms with Gasteiger partial charge in [-0.2, -0.15) is 4.98 Å². The zero-order chi connectivity index (χ0) is 21.2.